The molecule has 0 bridgehead atoms. The Hall–Kier alpha value is -4.63. The van der Waals surface area contributed by atoms with Crippen molar-refractivity contribution >= 4 is 29.0 Å². The number of hydrogen-bond donors (Lipinski definition) is 0. The second-order valence-corrected chi connectivity index (χ2v) is 8.66. The molecule has 0 aliphatic carbocycles. The third kappa shape index (κ3) is 5.37. The lowest BCUT2D eigenvalue weighted by atomic mass is 10.0. The smallest absolute Gasteiger partial charge is 0.150 e. The SMILES string of the molecule is O=Cc1ccc(CN(c2ccccc2)c2ccccc2)c(CN(c2ccccc2)c2ccccc2)c1. The van der Waals surface area contributed by atoms with Crippen molar-refractivity contribution in [3.05, 3.63) is 156 Å². The summed E-state index contributed by atoms with van der Waals surface area (Å²) >= 11 is 0. The number of rotatable bonds is 9. The van der Waals surface area contributed by atoms with E-state index in [-0.39, 0.29) is 0 Å². The lowest BCUT2D eigenvalue weighted by molar-refractivity contribution is 0.112. The molecule has 0 atom stereocenters. The van der Waals surface area contributed by atoms with E-state index >= 15 is 0 Å². The summed E-state index contributed by atoms with van der Waals surface area (Å²) < 4.78 is 0. The van der Waals surface area contributed by atoms with E-state index in [1.165, 1.54) is 5.56 Å². The highest BCUT2D eigenvalue weighted by Gasteiger charge is 2.16. The molecule has 0 amide bonds. The van der Waals surface area contributed by atoms with Crippen molar-refractivity contribution in [3.8, 4) is 0 Å². The molecule has 5 aromatic rings. The van der Waals surface area contributed by atoms with Crippen molar-refractivity contribution in [1.29, 1.82) is 0 Å². The average Bonchev–Trinajstić information content (AvgIpc) is 2.97. The summed E-state index contributed by atoms with van der Waals surface area (Å²) in [7, 11) is 0. The number of carbonyl (C=O) groups is 1. The Balaban J connectivity index is 1.56. The van der Waals surface area contributed by atoms with Gasteiger partial charge in [-0.15, -0.1) is 0 Å². The van der Waals surface area contributed by atoms with E-state index in [1.54, 1.807) is 0 Å². The van der Waals surface area contributed by atoms with Crippen molar-refractivity contribution in [2.24, 2.45) is 0 Å². The van der Waals surface area contributed by atoms with Crippen LogP contribution in [0.15, 0.2) is 140 Å². The Bertz CT molecular complexity index is 1310. The standard InChI is InChI=1S/C33H28N2O/c36-26-27-21-22-28(24-34(30-13-5-1-6-14-30)31-15-7-2-8-16-31)29(23-27)25-35(32-17-9-3-10-18-32)33-19-11-4-12-20-33/h1-23,26H,24-25H2. The molecule has 3 nitrogen and oxygen atoms in total. The molecule has 0 spiro atoms. The quantitative estimate of drug-likeness (QED) is 0.204. The van der Waals surface area contributed by atoms with Gasteiger partial charge in [0, 0.05) is 41.4 Å². The fourth-order valence-corrected chi connectivity index (χ4v) is 4.46. The number of aldehydes is 1. The molecule has 36 heavy (non-hydrogen) atoms. The maximum absolute atomic E-state index is 11.7. The van der Waals surface area contributed by atoms with Gasteiger partial charge in [-0.2, -0.15) is 0 Å². The summed E-state index contributed by atoms with van der Waals surface area (Å²) in [6.07, 6.45) is 0.925. The minimum Gasteiger partial charge on any atom is -0.337 e. The molecular formula is C33H28N2O. The molecule has 0 N–H and O–H groups in total. The van der Waals surface area contributed by atoms with Crippen molar-refractivity contribution in [3.63, 3.8) is 0 Å². The van der Waals surface area contributed by atoms with Gasteiger partial charge in [-0.3, -0.25) is 4.79 Å². The molecule has 0 aliphatic heterocycles. The minimum atomic E-state index is 0.641. The van der Waals surface area contributed by atoms with Crippen LogP contribution in [0.4, 0.5) is 22.7 Å². The number of para-hydroxylation sites is 4. The van der Waals surface area contributed by atoms with Crippen LogP contribution >= 0.6 is 0 Å². The zero-order chi connectivity index (χ0) is 24.6. The number of hydrogen-bond acceptors (Lipinski definition) is 3. The molecule has 5 aromatic carbocycles. The van der Waals surface area contributed by atoms with Crippen molar-refractivity contribution in [2.45, 2.75) is 13.1 Å². The van der Waals surface area contributed by atoms with Crippen LogP contribution in [0.25, 0.3) is 0 Å². The molecule has 3 heteroatoms. The van der Waals surface area contributed by atoms with Gasteiger partial charge in [-0.1, -0.05) is 84.9 Å². The molecule has 0 aliphatic rings. The summed E-state index contributed by atoms with van der Waals surface area (Å²) in [4.78, 5) is 16.3. The van der Waals surface area contributed by atoms with Gasteiger partial charge < -0.3 is 9.80 Å². The fourth-order valence-electron chi connectivity index (χ4n) is 4.46. The molecule has 176 valence electrons. The van der Waals surface area contributed by atoms with Crippen molar-refractivity contribution < 1.29 is 4.79 Å². The maximum atomic E-state index is 11.7. The van der Waals surface area contributed by atoms with Crippen LogP contribution in [-0.4, -0.2) is 6.29 Å². The maximum Gasteiger partial charge on any atom is 0.150 e. The second kappa shape index (κ2) is 11.2. The van der Waals surface area contributed by atoms with Crippen LogP contribution in [0.3, 0.4) is 0 Å². The van der Waals surface area contributed by atoms with E-state index in [9.17, 15) is 4.79 Å². The van der Waals surface area contributed by atoms with Crippen LogP contribution in [-0.2, 0) is 13.1 Å². The van der Waals surface area contributed by atoms with Crippen LogP contribution in [0.1, 0.15) is 21.5 Å². The molecule has 0 aromatic heterocycles. The van der Waals surface area contributed by atoms with Crippen LogP contribution < -0.4 is 9.80 Å². The molecule has 0 radical (unpaired) electrons. The number of nitrogens with zero attached hydrogens (tertiary/aromatic N) is 2. The molecule has 0 unspecified atom stereocenters. The van der Waals surface area contributed by atoms with Crippen LogP contribution in [0.2, 0.25) is 0 Å². The third-order valence-electron chi connectivity index (χ3n) is 6.29. The Morgan fingerprint density at radius 1 is 0.444 bits per heavy atom. The Labute approximate surface area is 212 Å². The fraction of sp³-hybridized carbons (Fsp3) is 0.0606. The van der Waals surface area contributed by atoms with Gasteiger partial charge in [0.2, 0.25) is 0 Å². The Morgan fingerprint density at radius 3 is 1.17 bits per heavy atom. The first-order valence-corrected chi connectivity index (χ1v) is 12.1. The average molecular weight is 469 g/mol. The molecule has 0 heterocycles. The van der Waals surface area contributed by atoms with Gasteiger partial charge in [0.05, 0.1) is 0 Å². The first-order valence-electron chi connectivity index (χ1n) is 12.1. The number of benzene rings is 5. The first kappa shape index (κ1) is 23.1. The predicted octanol–water partition coefficient (Wildman–Crippen LogP) is 8.18. The minimum absolute atomic E-state index is 0.641. The topological polar surface area (TPSA) is 23.6 Å². The van der Waals surface area contributed by atoms with Crippen LogP contribution in [0.5, 0.6) is 0 Å². The summed E-state index contributed by atoms with van der Waals surface area (Å²) in [5.41, 5.74) is 7.42. The highest BCUT2D eigenvalue weighted by molar-refractivity contribution is 5.76. The van der Waals surface area contributed by atoms with Gasteiger partial charge in [0.25, 0.3) is 0 Å². The normalized spacial score (nSPS) is 10.6. The molecule has 0 saturated carbocycles. The summed E-state index contributed by atoms with van der Waals surface area (Å²) in [5.74, 6) is 0. The van der Waals surface area contributed by atoms with Gasteiger partial charge in [-0.05, 0) is 65.7 Å². The summed E-state index contributed by atoms with van der Waals surface area (Å²) in [6, 6.07) is 47.7. The molecular weight excluding hydrogens is 440 g/mol. The largest absolute Gasteiger partial charge is 0.337 e. The van der Waals surface area contributed by atoms with Gasteiger partial charge >= 0.3 is 0 Å². The first-order chi connectivity index (χ1) is 17.8. The lowest BCUT2D eigenvalue weighted by Crippen LogP contribution is -2.21. The van der Waals surface area contributed by atoms with Gasteiger partial charge in [-0.25, -0.2) is 0 Å². The van der Waals surface area contributed by atoms with E-state index in [0.29, 0.717) is 18.7 Å². The highest BCUT2D eigenvalue weighted by atomic mass is 16.1. The van der Waals surface area contributed by atoms with Gasteiger partial charge in [0.1, 0.15) is 6.29 Å². The highest BCUT2D eigenvalue weighted by Crippen LogP contribution is 2.31. The van der Waals surface area contributed by atoms with E-state index in [1.807, 2.05) is 36.4 Å². The predicted molar refractivity (Wildman–Crippen MR) is 149 cm³/mol. The van der Waals surface area contributed by atoms with E-state index in [2.05, 4.69) is 113 Å². The zero-order valence-corrected chi connectivity index (χ0v) is 20.1. The van der Waals surface area contributed by atoms with Crippen molar-refractivity contribution in [1.82, 2.24) is 0 Å². The lowest BCUT2D eigenvalue weighted by Gasteiger charge is -2.29. The second-order valence-electron chi connectivity index (χ2n) is 8.66. The molecule has 5 rings (SSSR count). The van der Waals surface area contributed by atoms with E-state index < -0.39 is 0 Å². The van der Waals surface area contributed by atoms with Crippen molar-refractivity contribution in [2.75, 3.05) is 9.80 Å². The van der Waals surface area contributed by atoms with E-state index in [4.69, 9.17) is 0 Å². The number of anilines is 4. The monoisotopic (exact) mass is 468 g/mol. The summed E-state index contributed by atoms with van der Waals surface area (Å²) in [5, 5.41) is 0. The third-order valence-corrected chi connectivity index (χ3v) is 6.29. The Morgan fingerprint density at radius 2 is 0.806 bits per heavy atom. The zero-order valence-electron chi connectivity index (χ0n) is 20.1. The number of carbonyl (C=O) groups excluding carboxylic acids is 1. The van der Waals surface area contributed by atoms with Gasteiger partial charge in [0.15, 0.2) is 0 Å². The summed E-state index contributed by atoms with van der Waals surface area (Å²) in [6.45, 7) is 1.32. The van der Waals surface area contributed by atoms with Crippen LogP contribution in [0, 0.1) is 0 Å². The van der Waals surface area contributed by atoms with E-state index in [0.717, 1.165) is 34.6 Å². The Kier molecular flexibility index (Phi) is 7.19. The molecule has 0 fully saturated rings. The molecule has 0 saturated heterocycles.